The fraction of sp³-hybridized carbons (Fsp3) is 0.364. The number of H-pyrrole nitrogens is 1. The number of imidazole rings is 1. The SMILES string of the molecule is CC(CC(F)(F)F)n1c(=S)[nH]c2c(F)cccc21. The average Bonchev–Trinajstić information content (AvgIpc) is 2.53. The zero-order valence-corrected chi connectivity index (χ0v) is 10.2. The molecule has 0 amide bonds. The molecule has 1 aromatic heterocycles. The fourth-order valence-electron chi connectivity index (χ4n) is 1.98. The van der Waals surface area contributed by atoms with Gasteiger partial charge < -0.3 is 9.55 Å². The summed E-state index contributed by atoms with van der Waals surface area (Å²) >= 11 is 4.95. The third-order valence-electron chi connectivity index (χ3n) is 2.67. The first-order chi connectivity index (χ1) is 8.29. The molecule has 0 saturated carbocycles. The van der Waals surface area contributed by atoms with E-state index in [1.807, 2.05) is 0 Å². The van der Waals surface area contributed by atoms with Crippen molar-refractivity contribution < 1.29 is 17.6 Å². The van der Waals surface area contributed by atoms with E-state index in [0.717, 1.165) is 0 Å². The minimum absolute atomic E-state index is 0.0897. The quantitative estimate of drug-likeness (QED) is 0.639. The van der Waals surface area contributed by atoms with Gasteiger partial charge in [-0.1, -0.05) is 6.07 Å². The third-order valence-corrected chi connectivity index (χ3v) is 2.97. The van der Waals surface area contributed by atoms with Gasteiger partial charge in [0.25, 0.3) is 0 Å². The topological polar surface area (TPSA) is 20.7 Å². The summed E-state index contributed by atoms with van der Waals surface area (Å²) in [5.41, 5.74) is 0.480. The van der Waals surface area contributed by atoms with Crippen LogP contribution in [0.5, 0.6) is 0 Å². The molecule has 7 heteroatoms. The molecule has 1 aromatic carbocycles. The van der Waals surface area contributed by atoms with Crippen molar-refractivity contribution in [3.05, 3.63) is 28.8 Å². The molecule has 98 valence electrons. The summed E-state index contributed by atoms with van der Waals surface area (Å²) in [5, 5.41) is 0. The molecular weight excluding hydrogens is 268 g/mol. The zero-order chi connectivity index (χ0) is 13.5. The van der Waals surface area contributed by atoms with Crippen molar-refractivity contribution in [2.24, 2.45) is 0 Å². The van der Waals surface area contributed by atoms with E-state index in [0.29, 0.717) is 5.52 Å². The number of aromatic amines is 1. The van der Waals surface area contributed by atoms with Gasteiger partial charge in [-0.2, -0.15) is 13.2 Å². The summed E-state index contributed by atoms with van der Waals surface area (Å²) in [6.45, 7) is 1.40. The van der Waals surface area contributed by atoms with Gasteiger partial charge in [-0.3, -0.25) is 0 Å². The lowest BCUT2D eigenvalue weighted by Crippen LogP contribution is -2.16. The van der Waals surface area contributed by atoms with Crippen molar-refractivity contribution in [1.29, 1.82) is 0 Å². The first kappa shape index (κ1) is 13.1. The second kappa shape index (κ2) is 4.38. The van der Waals surface area contributed by atoms with Crippen LogP contribution in [0.2, 0.25) is 0 Å². The van der Waals surface area contributed by atoms with Crippen LogP contribution in [-0.2, 0) is 0 Å². The number of alkyl halides is 3. The molecule has 2 aromatic rings. The molecule has 0 fully saturated rings. The highest BCUT2D eigenvalue weighted by molar-refractivity contribution is 7.71. The van der Waals surface area contributed by atoms with Crippen molar-refractivity contribution in [2.75, 3.05) is 0 Å². The number of benzene rings is 1. The normalized spacial score (nSPS) is 14.1. The Hall–Kier alpha value is -1.37. The highest BCUT2D eigenvalue weighted by Gasteiger charge is 2.31. The number of hydrogen-bond acceptors (Lipinski definition) is 1. The molecule has 0 aliphatic heterocycles. The number of fused-ring (bicyclic) bond motifs is 1. The van der Waals surface area contributed by atoms with E-state index in [1.165, 1.54) is 29.7 Å². The van der Waals surface area contributed by atoms with E-state index in [4.69, 9.17) is 12.2 Å². The maximum Gasteiger partial charge on any atom is 0.391 e. The molecule has 1 N–H and O–H groups in total. The largest absolute Gasteiger partial charge is 0.391 e. The maximum absolute atomic E-state index is 13.5. The Bertz CT molecular complexity index is 626. The predicted octanol–water partition coefficient (Wildman–Crippen LogP) is 4.35. The molecule has 1 atom stereocenters. The third kappa shape index (κ3) is 2.40. The summed E-state index contributed by atoms with van der Waals surface area (Å²) < 4.78 is 52.0. The van der Waals surface area contributed by atoms with Crippen molar-refractivity contribution in [1.82, 2.24) is 9.55 Å². The minimum atomic E-state index is -4.29. The maximum atomic E-state index is 13.5. The van der Waals surface area contributed by atoms with Crippen LogP contribution in [0.4, 0.5) is 17.6 Å². The number of nitrogens with one attached hydrogen (secondary N) is 1. The Morgan fingerprint density at radius 3 is 2.67 bits per heavy atom. The second-order valence-corrected chi connectivity index (χ2v) is 4.49. The van der Waals surface area contributed by atoms with Crippen LogP contribution in [0, 0.1) is 10.6 Å². The van der Waals surface area contributed by atoms with E-state index < -0.39 is 24.5 Å². The summed E-state index contributed by atoms with van der Waals surface area (Å²) in [4.78, 5) is 2.60. The Kier molecular flexibility index (Phi) is 3.18. The first-order valence-corrected chi connectivity index (χ1v) is 5.66. The molecule has 0 spiro atoms. The van der Waals surface area contributed by atoms with Crippen molar-refractivity contribution in [3.8, 4) is 0 Å². The van der Waals surface area contributed by atoms with E-state index in [-0.39, 0.29) is 10.3 Å². The van der Waals surface area contributed by atoms with Crippen LogP contribution >= 0.6 is 12.2 Å². The lowest BCUT2D eigenvalue weighted by atomic mass is 10.2. The first-order valence-electron chi connectivity index (χ1n) is 5.25. The number of halogens is 4. The van der Waals surface area contributed by atoms with Gasteiger partial charge in [-0.25, -0.2) is 4.39 Å². The van der Waals surface area contributed by atoms with Gasteiger partial charge in [0.05, 0.1) is 11.9 Å². The lowest BCUT2D eigenvalue weighted by molar-refractivity contribution is -0.141. The van der Waals surface area contributed by atoms with E-state index in [2.05, 4.69) is 4.98 Å². The average molecular weight is 278 g/mol. The van der Waals surface area contributed by atoms with Gasteiger partial charge in [0, 0.05) is 6.04 Å². The lowest BCUT2D eigenvalue weighted by Gasteiger charge is -2.16. The Morgan fingerprint density at radius 1 is 1.39 bits per heavy atom. The summed E-state index contributed by atoms with van der Waals surface area (Å²) in [7, 11) is 0. The van der Waals surface area contributed by atoms with Crippen LogP contribution in [0.15, 0.2) is 18.2 Å². The van der Waals surface area contributed by atoms with Crippen LogP contribution in [0.1, 0.15) is 19.4 Å². The molecule has 0 radical (unpaired) electrons. The molecule has 0 saturated heterocycles. The Morgan fingerprint density at radius 2 is 2.06 bits per heavy atom. The van der Waals surface area contributed by atoms with Gasteiger partial charge in [-0.05, 0) is 31.3 Å². The molecular formula is C11H10F4N2S. The monoisotopic (exact) mass is 278 g/mol. The highest BCUT2D eigenvalue weighted by atomic mass is 32.1. The molecule has 0 aliphatic carbocycles. The van der Waals surface area contributed by atoms with E-state index in [1.54, 1.807) is 0 Å². The molecule has 2 rings (SSSR count). The van der Waals surface area contributed by atoms with Gasteiger partial charge in [0.2, 0.25) is 0 Å². The van der Waals surface area contributed by atoms with Crippen molar-refractivity contribution in [3.63, 3.8) is 0 Å². The molecule has 1 heterocycles. The summed E-state index contributed by atoms with van der Waals surface area (Å²) in [6.07, 6.45) is -5.30. The van der Waals surface area contributed by atoms with Gasteiger partial charge >= 0.3 is 6.18 Å². The molecule has 0 bridgehead atoms. The number of hydrogen-bond donors (Lipinski definition) is 1. The van der Waals surface area contributed by atoms with E-state index in [9.17, 15) is 17.6 Å². The zero-order valence-electron chi connectivity index (χ0n) is 9.38. The predicted molar refractivity (Wildman–Crippen MR) is 62.5 cm³/mol. The molecule has 2 nitrogen and oxygen atoms in total. The van der Waals surface area contributed by atoms with Crippen molar-refractivity contribution in [2.45, 2.75) is 25.6 Å². The molecule has 18 heavy (non-hydrogen) atoms. The van der Waals surface area contributed by atoms with Crippen molar-refractivity contribution >= 4 is 23.3 Å². The van der Waals surface area contributed by atoms with E-state index >= 15 is 0 Å². The highest BCUT2D eigenvalue weighted by Crippen LogP contribution is 2.30. The fourth-order valence-corrected chi connectivity index (χ4v) is 2.36. The summed E-state index contributed by atoms with van der Waals surface area (Å²) in [6, 6.07) is 3.33. The Balaban J connectivity index is 2.54. The van der Waals surface area contributed by atoms with Crippen LogP contribution < -0.4 is 0 Å². The van der Waals surface area contributed by atoms with Gasteiger partial charge in [0.15, 0.2) is 4.77 Å². The number of aromatic nitrogens is 2. The minimum Gasteiger partial charge on any atom is -0.328 e. The van der Waals surface area contributed by atoms with Crippen LogP contribution in [0.3, 0.4) is 0 Å². The van der Waals surface area contributed by atoms with Gasteiger partial charge in [0.1, 0.15) is 11.3 Å². The second-order valence-electron chi connectivity index (χ2n) is 4.10. The summed E-state index contributed by atoms with van der Waals surface area (Å²) in [5.74, 6) is -0.531. The molecule has 1 unspecified atom stereocenters. The smallest absolute Gasteiger partial charge is 0.328 e. The number of rotatable bonds is 2. The van der Waals surface area contributed by atoms with Crippen LogP contribution in [-0.4, -0.2) is 15.7 Å². The Labute approximate surface area is 105 Å². The number of nitrogens with zero attached hydrogens (tertiary/aromatic N) is 1. The molecule has 0 aliphatic rings. The van der Waals surface area contributed by atoms with Gasteiger partial charge in [-0.15, -0.1) is 0 Å². The number of para-hydroxylation sites is 1. The standard InChI is InChI=1S/C11H10F4N2S/c1-6(5-11(13,14)15)17-8-4-2-3-7(12)9(8)16-10(17)18/h2-4,6H,5H2,1H3,(H,16,18). The van der Waals surface area contributed by atoms with Crippen LogP contribution in [0.25, 0.3) is 11.0 Å².